The lowest BCUT2D eigenvalue weighted by molar-refractivity contribution is -0.135. The maximum Gasteiger partial charge on any atom is 0.231 e. The number of aryl methyl sites for hydroxylation is 1. The molecule has 2 aromatic carbocycles. The molecule has 0 radical (unpaired) electrons. The highest BCUT2D eigenvalue weighted by Gasteiger charge is 2.24. The second kappa shape index (κ2) is 10.0. The first-order valence-corrected chi connectivity index (χ1v) is 11.4. The molecule has 2 aliphatic heterocycles. The maximum atomic E-state index is 12.8. The normalized spacial score (nSPS) is 17.3. The van der Waals surface area contributed by atoms with Crippen LogP contribution < -0.4 is 9.47 Å². The van der Waals surface area contributed by atoms with Crippen molar-refractivity contribution in [3.05, 3.63) is 71.4 Å². The number of piperidine rings is 1. The zero-order valence-electron chi connectivity index (χ0n) is 18.4. The fourth-order valence-corrected chi connectivity index (χ4v) is 4.15. The first-order valence-electron chi connectivity index (χ1n) is 11.4. The maximum absolute atomic E-state index is 12.8. The number of benzene rings is 2. The average Bonchev–Trinajstić information content (AvgIpc) is 3.51. The number of fused-ring (bicyclic) bond motifs is 1. The first-order chi connectivity index (χ1) is 16.2. The molecule has 1 aromatic heterocycles. The molecule has 8 heteroatoms. The molecule has 0 spiro atoms. The van der Waals surface area contributed by atoms with Crippen LogP contribution in [-0.4, -0.2) is 47.0 Å². The molecule has 1 fully saturated rings. The van der Waals surface area contributed by atoms with Gasteiger partial charge in [-0.3, -0.25) is 4.79 Å². The van der Waals surface area contributed by atoms with Gasteiger partial charge in [-0.05, 0) is 36.1 Å². The van der Waals surface area contributed by atoms with Crippen LogP contribution >= 0.6 is 0 Å². The van der Waals surface area contributed by atoms with Crippen LogP contribution in [0.3, 0.4) is 0 Å². The summed E-state index contributed by atoms with van der Waals surface area (Å²) in [6.45, 7) is 2.21. The van der Waals surface area contributed by atoms with Crippen molar-refractivity contribution in [2.24, 2.45) is 0 Å². The van der Waals surface area contributed by atoms with E-state index in [2.05, 4.69) is 22.3 Å². The minimum atomic E-state index is 0.0691. The Morgan fingerprint density at radius 3 is 2.79 bits per heavy atom. The first kappa shape index (κ1) is 21.5. The van der Waals surface area contributed by atoms with Crippen LogP contribution in [-0.2, 0) is 29.0 Å². The molecule has 3 heterocycles. The lowest BCUT2D eigenvalue weighted by atomic mass is 10.1. The van der Waals surface area contributed by atoms with Gasteiger partial charge in [0.2, 0.25) is 24.5 Å². The Labute approximate surface area is 192 Å². The van der Waals surface area contributed by atoms with Crippen LogP contribution in [0.1, 0.15) is 42.2 Å². The second-order valence-electron chi connectivity index (χ2n) is 8.35. The third-order valence-electron chi connectivity index (χ3n) is 5.91. The molecule has 1 amide bonds. The van der Waals surface area contributed by atoms with Gasteiger partial charge in [-0.1, -0.05) is 36.4 Å². The van der Waals surface area contributed by atoms with Gasteiger partial charge in [-0.25, -0.2) is 0 Å². The molecule has 1 saturated heterocycles. The lowest BCUT2D eigenvalue weighted by Gasteiger charge is -2.32. The average molecular weight is 450 g/mol. The van der Waals surface area contributed by atoms with Gasteiger partial charge in [0.15, 0.2) is 11.5 Å². The Balaban J connectivity index is 1.09. The van der Waals surface area contributed by atoms with Gasteiger partial charge < -0.3 is 23.5 Å². The second-order valence-corrected chi connectivity index (χ2v) is 8.35. The quantitative estimate of drug-likeness (QED) is 0.520. The highest BCUT2D eigenvalue weighted by Crippen LogP contribution is 2.33. The molecule has 5 rings (SSSR count). The molecule has 3 aromatic rings. The van der Waals surface area contributed by atoms with Crippen molar-refractivity contribution in [1.82, 2.24) is 15.1 Å². The van der Waals surface area contributed by atoms with Crippen LogP contribution in [0, 0.1) is 0 Å². The van der Waals surface area contributed by atoms with Crippen molar-refractivity contribution in [1.29, 1.82) is 0 Å². The number of amides is 1. The number of rotatable bonds is 8. The standard InChI is InChI=1S/C25H27N3O5/c29-25(28-12-4-7-20(15-28)30-16-18-5-2-1-3-6-18)11-10-23-26-27-24(33-23)14-19-8-9-21-22(13-19)32-17-31-21/h1-3,5-6,8-9,13,20H,4,7,10-12,14-17H2/t20-/m0/s1. The number of aromatic nitrogens is 2. The number of carbonyl (C=O) groups is 1. The molecule has 0 aliphatic carbocycles. The zero-order chi connectivity index (χ0) is 22.5. The summed E-state index contributed by atoms with van der Waals surface area (Å²) in [7, 11) is 0. The van der Waals surface area contributed by atoms with Gasteiger partial charge >= 0.3 is 0 Å². The van der Waals surface area contributed by atoms with Crippen molar-refractivity contribution in [2.75, 3.05) is 19.9 Å². The third-order valence-corrected chi connectivity index (χ3v) is 5.91. The molecule has 0 saturated carbocycles. The van der Waals surface area contributed by atoms with E-state index in [-0.39, 0.29) is 18.8 Å². The van der Waals surface area contributed by atoms with Crippen LogP contribution in [0.25, 0.3) is 0 Å². The molecule has 0 N–H and O–H groups in total. The summed E-state index contributed by atoms with van der Waals surface area (Å²) < 4.78 is 22.6. The van der Waals surface area contributed by atoms with Crippen molar-refractivity contribution < 1.29 is 23.4 Å². The minimum Gasteiger partial charge on any atom is -0.454 e. The summed E-state index contributed by atoms with van der Waals surface area (Å²) in [5.41, 5.74) is 2.15. The highest BCUT2D eigenvalue weighted by atomic mass is 16.7. The minimum absolute atomic E-state index is 0.0691. The molecule has 1 atom stereocenters. The molecule has 172 valence electrons. The number of carbonyl (C=O) groups excluding carboxylic acids is 1. The molecular formula is C25H27N3O5. The van der Waals surface area contributed by atoms with E-state index in [0.29, 0.717) is 44.2 Å². The highest BCUT2D eigenvalue weighted by molar-refractivity contribution is 5.76. The van der Waals surface area contributed by atoms with E-state index in [9.17, 15) is 4.79 Å². The van der Waals surface area contributed by atoms with E-state index >= 15 is 0 Å². The Hall–Kier alpha value is -3.39. The van der Waals surface area contributed by atoms with Crippen molar-refractivity contribution in [2.45, 2.75) is 44.8 Å². The van der Waals surface area contributed by atoms with Gasteiger partial charge in [-0.15, -0.1) is 10.2 Å². The molecule has 2 aliphatic rings. The van der Waals surface area contributed by atoms with Gasteiger partial charge in [0.05, 0.1) is 19.1 Å². The summed E-state index contributed by atoms with van der Waals surface area (Å²) in [6, 6.07) is 15.9. The molecule has 33 heavy (non-hydrogen) atoms. The Morgan fingerprint density at radius 2 is 1.88 bits per heavy atom. The number of hydrogen-bond donors (Lipinski definition) is 0. The summed E-state index contributed by atoms with van der Waals surface area (Å²) in [6.07, 6.45) is 3.27. The van der Waals surface area contributed by atoms with E-state index in [1.165, 1.54) is 0 Å². The van der Waals surface area contributed by atoms with Gasteiger partial charge in [0.25, 0.3) is 0 Å². The number of nitrogens with zero attached hydrogens (tertiary/aromatic N) is 3. The van der Waals surface area contributed by atoms with Crippen molar-refractivity contribution in [3.8, 4) is 11.5 Å². The predicted octanol–water partition coefficient (Wildman–Crippen LogP) is 3.53. The van der Waals surface area contributed by atoms with Crippen LogP contribution in [0.5, 0.6) is 11.5 Å². The fourth-order valence-electron chi connectivity index (χ4n) is 4.15. The van der Waals surface area contributed by atoms with Crippen molar-refractivity contribution >= 4 is 5.91 Å². The summed E-state index contributed by atoms with van der Waals surface area (Å²) >= 11 is 0. The van der Waals surface area contributed by atoms with Gasteiger partial charge in [0, 0.05) is 25.9 Å². The van der Waals surface area contributed by atoms with E-state index in [4.69, 9.17) is 18.6 Å². The molecule has 8 nitrogen and oxygen atoms in total. The Morgan fingerprint density at radius 1 is 1.03 bits per heavy atom. The fraction of sp³-hybridized carbons (Fsp3) is 0.400. The number of ether oxygens (including phenoxy) is 3. The topological polar surface area (TPSA) is 86.9 Å². The third kappa shape index (κ3) is 5.51. The number of likely N-dealkylation sites (tertiary alicyclic amines) is 1. The van der Waals surface area contributed by atoms with Crippen LogP contribution in [0.2, 0.25) is 0 Å². The van der Waals surface area contributed by atoms with Crippen LogP contribution in [0.4, 0.5) is 0 Å². The van der Waals surface area contributed by atoms with E-state index in [1.807, 2.05) is 41.3 Å². The Kier molecular flexibility index (Phi) is 6.53. The summed E-state index contributed by atoms with van der Waals surface area (Å²) in [5.74, 6) is 2.56. The van der Waals surface area contributed by atoms with E-state index in [0.717, 1.165) is 42.0 Å². The largest absolute Gasteiger partial charge is 0.454 e. The zero-order valence-corrected chi connectivity index (χ0v) is 18.4. The van der Waals surface area contributed by atoms with Gasteiger partial charge in [-0.2, -0.15) is 0 Å². The molecular weight excluding hydrogens is 422 g/mol. The predicted molar refractivity (Wildman–Crippen MR) is 119 cm³/mol. The summed E-state index contributed by atoms with van der Waals surface area (Å²) in [4.78, 5) is 14.6. The van der Waals surface area contributed by atoms with Crippen molar-refractivity contribution in [3.63, 3.8) is 0 Å². The monoisotopic (exact) mass is 449 g/mol. The lowest BCUT2D eigenvalue weighted by Crippen LogP contribution is -2.43. The van der Waals surface area contributed by atoms with Crippen LogP contribution in [0.15, 0.2) is 52.9 Å². The molecule has 0 bridgehead atoms. The van der Waals surface area contributed by atoms with Gasteiger partial charge in [0.1, 0.15) is 0 Å². The molecule has 0 unspecified atom stereocenters. The Bertz CT molecular complexity index is 1080. The smallest absolute Gasteiger partial charge is 0.231 e. The van der Waals surface area contributed by atoms with E-state index in [1.54, 1.807) is 0 Å². The summed E-state index contributed by atoms with van der Waals surface area (Å²) in [5, 5.41) is 8.24. The number of hydrogen-bond acceptors (Lipinski definition) is 7. The van der Waals surface area contributed by atoms with E-state index < -0.39 is 0 Å². The SMILES string of the molecule is O=C(CCc1nnc(Cc2ccc3c(c2)OCO3)o1)N1CCC[C@H](OCc2ccccc2)C1.